The van der Waals surface area contributed by atoms with E-state index in [1.54, 1.807) is 0 Å². The summed E-state index contributed by atoms with van der Waals surface area (Å²) in [6.07, 6.45) is 12.6. The van der Waals surface area contributed by atoms with Gasteiger partial charge in [-0.25, -0.2) is 4.79 Å². The highest BCUT2D eigenvalue weighted by molar-refractivity contribution is 5.80. The molecule has 0 aliphatic rings. The van der Waals surface area contributed by atoms with Crippen LogP contribution >= 0.6 is 0 Å². The van der Waals surface area contributed by atoms with Crippen LogP contribution in [0.15, 0.2) is 12.7 Å². The fourth-order valence-electron chi connectivity index (χ4n) is 1.67. The highest BCUT2D eigenvalue weighted by atomic mass is 16.5. The van der Waals surface area contributed by atoms with E-state index in [4.69, 9.17) is 5.11 Å². The van der Waals surface area contributed by atoms with Crippen molar-refractivity contribution in [3.8, 4) is 0 Å². The van der Waals surface area contributed by atoms with Gasteiger partial charge in [0.25, 0.3) is 0 Å². The Balaban J connectivity index is 0. The second-order valence-electron chi connectivity index (χ2n) is 4.70. The van der Waals surface area contributed by atoms with Crippen LogP contribution in [0.3, 0.4) is 0 Å². The van der Waals surface area contributed by atoms with Crippen molar-refractivity contribution in [1.29, 1.82) is 0 Å². The predicted octanol–water partition coefficient (Wildman–Crippen LogP) is 4.34. The Morgan fingerprint density at radius 2 is 1.45 bits per heavy atom. The third-order valence-electron chi connectivity index (χ3n) is 2.86. The maximum atomic E-state index is 10.2. The number of unbranched alkanes of at least 4 members (excludes halogenated alkanes) is 8. The number of hydrogen-bond donors (Lipinski definition) is 1. The highest BCUT2D eigenvalue weighted by Gasteiger charge is 1.96. The average Bonchev–Trinajstić information content (AvgIpc) is 2.45. The van der Waals surface area contributed by atoms with Gasteiger partial charge < -0.3 is 9.84 Å². The Kier molecular flexibility index (Phi) is 18.6. The fourth-order valence-corrected chi connectivity index (χ4v) is 1.67. The Morgan fingerprint density at radius 1 is 1.00 bits per heavy atom. The molecule has 0 spiro atoms. The van der Waals surface area contributed by atoms with Crippen LogP contribution in [0.4, 0.5) is 0 Å². The van der Waals surface area contributed by atoms with E-state index in [1.807, 2.05) is 0 Å². The van der Waals surface area contributed by atoms with Crippen molar-refractivity contribution in [1.82, 2.24) is 0 Å². The Bertz CT molecular complexity index is 249. The first-order valence-corrected chi connectivity index (χ1v) is 7.50. The number of aliphatic carboxylic acids is 1. The highest BCUT2D eigenvalue weighted by Crippen LogP contribution is 2.10. The van der Waals surface area contributed by atoms with Crippen molar-refractivity contribution in [2.24, 2.45) is 0 Å². The van der Waals surface area contributed by atoms with Gasteiger partial charge in [0, 0.05) is 12.5 Å². The van der Waals surface area contributed by atoms with E-state index in [2.05, 4.69) is 18.2 Å². The second kappa shape index (κ2) is 17.7. The monoisotopic (exact) mass is 286 g/mol. The standard InChI is InChI=1S/C12H24O2.C4H6O2/c1-2-3-4-5-6-7-8-9-10-11-12(13)14;1-3-4(5)6-2/h2-11H2,1H3,(H,13,14);3H,1H2,2H3. The van der Waals surface area contributed by atoms with Crippen molar-refractivity contribution < 1.29 is 19.4 Å². The molecule has 4 heteroatoms. The molecule has 0 aromatic heterocycles. The number of carbonyl (C=O) groups is 2. The summed E-state index contributed by atoms with van der Waals surface area (Å²) < 4.78 is 4.14. The van der Waals surface area contributed by atoms with Crippen LogP contribution in [0.5, 0.6) is 0 Å². The first-order valence-electron chi connectivity index (χ1n) is 7.50. The second-order valence-corrected chi connectivity index (χ2v) is 4.70. The van der Waals surface area contributed by atoms with Crippen molar-refractivity contribution in [3.05, 3.63) is 12.7 Å². The SMILES string of the molecule is C=CC(=O)OC.CCCCCCCCCCCC(=O)O. The number of carboxylic acids is 1. The lowest BCUT2D eigenvalue weighted by molar-refractivity contribution is -0.137. The molecule has 20 heavy (non-hydrogen) atoms. The largest absolute Gasteiger partial charge is 0.481 e. The first-order chi connectivity index (χ1) is 9.58. The minimum atomic E-state index is -0.659. The zero-order valence-electron chi connectivity index (χ0n) is 13.0. The summed E-state index contributed by atoms with van der Waals surface area (Å²) in [5, 5.41) is 8.41. The summed E-state index contributed by atoms with van der Waals surface area (Å²) in [5.74, 6) is -1.05. The molecule has 0 radical (unpaired) electrons. The van der Waals surface area contributed by atoms with Gasteiger partial charge in [-0.15, -0.1) is 0 Å². The summed E-state index contributed by atoms with van der Waals surface area (Å²) in [6, 6.07) is 0. The summed E-state index contributed by atoms with van der Waals surface area (Å²) in [7, 11) is 1.31. The third-order valence-corrected chi connectivity index (χ3v) is 2.86. The van der Waals surface area contributed by atoms with Gasteiger partial charge in [0.2, 0.25) is 0 Å². The Hall–Kier alpha value is -1.32. The van der Waals surface area contributed by atoms with E-state index in [1.165, 1.54) is 52.1 Å². The van der Waals surface area contributed by atoms with Crippen LogP contribution in [0, 0.1) is 0 Å². The van der Waals surface area contributed by atoms with E-state index in [-0.39, 0.29) is 0 Å². The van der Waals surface area contributed by atoms with Crippen molar-refractivity contribution in [3.63, 3.8) is 0 Å². The van der Waals surface area contributed by atoms with Gasteiger partial charge in [0.1, 0.15) is 0 Å². The molecule has 0 saturated carbocycles. The van der Waals surface area contributed by atoms with Crippen LogP contribution in [-0.4, -0.2) is 24.2 Å². The maximum Gasteiger partial charge on any atom is 0.329 e. The maximum absolute atomic E-state index is 10.2. The number of methoxy groups -OCH3 is 1. The van der Waals surface area contributed by atoms with Crippen LogP contribution in [0.25, 0.3) is 0 Å². The van der Waals surface area contributed by atoms with E-state index in [0.29, 0.717) is 6.42 Å². The lowest BCUT2D eigenvalue weighted by Gasteiger charge is -2.00. The van der Waals surface area contributed by atoms with Crippen molar-refractivity contribution >= 4 is 11.9 Å². The van der Waals surface area contributed by atoms with Crippen LogP contribution in [-0.2, 0) is 14.3 Å². The topological polar surface area (TPSA) is 63.6 Å². The molecule has 118 valence electrons. The van der Waals surface area contributed by atoms with E-state index in [0.717, 1.165) is 18.9 Å². The Morgan fingerprint density at radius 3 is 1.75 bits per heavy atom. The molecule has 0 bridgehead atoms. The molecule has 4 nitrogen and oxygen atoms in total. The summed E-state index contributed by atoms with van der Waals surface area (Å²) in [4.78, 5) is 20.0. The summed E-state index contributed by atoms with van der Waals surface area (Å²) in [5.41, 5.74) is 0. The third kappa shape index (κ3) is 21.9. The molecule has 0 unspecified atom stereocenters. The Labute approximate surface area is 123 Å². The van der Waals surface area contributed by atoms with Gasteiger partial charge in [-0.05, 0) is 6.42 Å². The van der Waals surface area contributed by atoms with Gasteiger partial charge in [0.05, 0.1) is 7.11 Å². The normalized spacial score (nSPS) is 9.30. The molecule has 0 aliphatic heterocycles. The smallest absolute Gasteiger partial charge is 0.329 e. The van der Waals surface area contributed by atoms with E-state index in [9.17, 15) is 9.59 Å². The van der Waals surface area contributed by atoms with Gasteiger partial charge in [-0.2, -0.15) is 0 Å². The molecular formula is C16H30O4. The molecule has 0 aromatic rings. The summed E-state index contributed by atoms with van der Waals surface area (Å²) >= 11 is 0. The van der Waals surface area contributed by atoms with Crippen LogP contribution < -0.4 is 0 Å². The molecule has 1 N–H and O–H groups in total. The number of hydrogen-bond acceptors (Lipinski definition) is 3. The van der Waals surface area contributed by atoms with Gasteiger partial charge in [-0.1, -0.05) is 64.9 Å². The molecule has 0 saturated heterocycles. The first kappa shape index (κ1) is 21.0. The molecular weight excluding hydrogens is 256 g/mol. The van der Waals surface area contributed by atoms with Crippen molar-refractivity contribution in [2.45, 2.75) is 71.1 Å². The minimum absolute atomic E-state index is 0.343. The fraction of sp³-hybridized carbons (Fsp3) is 0.750. The van der Waals surface area contributed by atoms with Gasteiger partial charge in [0.15, 0.2) is 0 Å². The number of esters is 1. The molecule has 0 heterocycles. The number of rotatable bonds is 11. The minimum Gasteiger partial charge on any atom is -0.481 e. The zero-order chi connectivity index (χ0) is 15.6. The molecule has 0 rings (SSSR count). The quantitative estimate of drug-likeness (QED) is 0.349. The van der Waals surface area contributed by atoms with E-state index < -0.39 is 11.9 Å². The van der Waals surface area contributed by atoms with E-state index >= 15 is 0 Å². The molecule has 0 aromatic carbocycles. The number of ether oxygens (including phenoxy) is 1. The number of carboxylic acid groups (broad SMARTS) is 1. The van der Waals surface area contributed by atoms with Gasteiger partial charge >= 0.3 is 11.9 Å². The average molecular weight is 286 g/mol. The van der Waals surface area contributed by atoms with Crippen LogP contribution in [0.2, 0.25) is 0 Å². The lowest BCUT2D eigenvalue weighted by atomic mass is 10.1. The van der Waals surface area contributed by atoms with Gasteiger partial charge in [-0.3, -0.25) is 4.79 Å². The molecule has 0 fully saturated rings. The number of carbonyl (C=O) groups excluding carboxylic acids is 1. The predicted molar refractivity (Wildman–Crippen MR) is 81.7 cm³/mol. The summed E-state index contributed by atoms with van der Waals surface area (Å²) in [6.45, 7) is 5.38. The lowest BCUT2D eigenvalue weighted by Crippen LogP contribution is -1.93. The molecule has 0 amide bonds. The molecule has 0 aliphatic carbocycles. The zero-order valence-corrected chi connectivity index (χ0v) is 13.0. The van der Waals surface area contributed by atoms with Crippen LogP contribution in [0.1, 0.15) is 71.1 Å². The van der Waals surface area contributed by atoms with Crippen molar-refractivity contribution in [2.75, 3.05) is 7.11 Å². The molecule has 0 atom stereocenters.